The lowest BCUT2D eigenvalue weighted by atomic mass is 10.0. The van der Waals surface area contributed by atoms with Gasteiger partial charge in [0.25, 0.3) is 11.9 Å². The van der Waals surface area contributed by atoms with E-state index in [0.717, 1.165) is 5.69 Å². The predicted molar refractivity (Wildman–Crippen MR) is 74.5 cm³/mol. The zero-order valence-electron chi connectivity index (χ0n) is 11.8. The van der Waals surface area contributed by atoms with Crippen LogP contribution in [0.25, 0.3) is 0 Å². The van der Waals surface area contributed by atoms with E-state index < -0.39 is 0 Å². The van der Waals surface area contributed by atoms with Gasteiger partial charge in [-0.2, -0.15) is 0 Å². The van der Waals surface area contributed by atoms with Gasteiger partial charge in [0.15, 0.2) is 5.76 Å². The first-order valence-electron chi connectivity index (χ1n) is 6.47. The van der Waals surface area contributed by atoms with Gasteiger partial charge >= 0.3 is 0 Å². The Morgan fingerprint density at radius 3 is 2.65 bits per heavy atom. The van der Waals surface area contributed by atoms with Crippen molar-refractivity contribution in [3.8, 4) is 5.95 Å². The molecule has 20 heavy (non-hydrogen) atoms. The summed E-state index contributed by atoms with van der Waals surface area (Å²) in [6.45, 7) is 4.06. The van der Waals surface area contributed by atoms with Crippen molar-refractivity contribution in [2.45, 2.75) is 19.9 Å². The van der Waals surface area contributed by atoms with Crippen molar-refractivity contribution in [3.63, 3.8) is 0 Å². The van der Waals surface area contributed by atoms with Gasteiger partial charge in [-0.3, -0.25) is 9.78 Å². The summed E-state index contributed by atoms with van der Waals surface area (Å²) in [5, 5.41) is 2.94. The standard InChI is InChI=1S/C15H18N2O3/c1-10(2)14(11-6-4-5-9-16-11)17-15(18)12-7-8-13(19-3)20-12/h4-10,14H,1-3H3,(H,17,18)/t14-/m0/s1. The van der Waals surface area contributed by atoms with Crippen LogP contribution in [0.3, 0.4) is 0 Å². The Hall–Kier alpha value is -2.30. The SMILES string of the molecule is COc1ccc(C(=O)N[C@H](c2ccccn2)C(C)C)o1. The summed E-state index contributed by atoms with van der Waals surface area (Å²) >= 11 is 0. The van der Waals surface area contributed by atoms with E-state index in [0.29, 0.717) is 5.95 Å². The Labute approximate surface area is 118 Å². The zero-order chi connectivity index (χ0) is 14.5. The Kier molecular flexibility index (Phi) is 4.40. The highest BCUT2D eigenvalue weighted by Gasteiger charge is 2.21. The van der Waals surface area contributed by atoms with Crippen LogP contribution in [-0.2, 0) is 0 Å². The Morgan fingerprint density at radius 2 is 2.10 bits per heavy atom. The van der Waals surface area contributed by atoms with E-state index in [4.69, 9.17) is 9.15 Å². The molecule has 2 heterocycles. The number of rotatable bonds is 5. The van der Waals surface area contributed by atoms with E-state index >= 15 is 0 Å². The zero-order valence-corrected chi connectivity index (χ0v) is 11.8. The fourth-order valence-corrected chi connectivity index (χ4v) is 1.91. The number of nitrogens with zero attached hydrogens (tertiary/aromatic N) is 1. The molecule has 2 aromatic heterocycles. The Bertz CT molecular complexity index is 564. The van der Waals surface area contributed by atoms with Gasteiger partial charge in [0, 0.05) is 12.3 Å². The summed E-state index contributed by atoms with van der Waals surface area (Å²) in [4.78, 5) is 16.5. The third kappa shape index (κ3) is 3.17. The molecule has 0 saturated carbocycles. The second kappa shape index (κ2) is 6.23. The van der Waals surface area contributed by atoms with Crippen LogP contribution in [0.1, 0.15) is 36.1 Å². The summed E-state index contributed by atoms with van der Waals surface area (Å²) in [5.41, 5.74) is 0.828. The number of hydrogen-bond donors (Lipinski definition) is 1. The summed E-state index contributed by atoms with van der Waals surface area (Å²) in [5.74, 6) is 0.473. The molecule has 106 valence electrons. The Morgan fingerprint density at radius 1 is 1.30 bits per heavy atom. The molecule has 0 unspecified atom stereocenters. The second-order valence-electron chi connectivity index (χ2n) is 4.77. The summed E-state index contributed by atoms with van der Waals surface area (Å²) < 4.78 is 10.2. The number of carbonyl (C=O) groups excluding carboxylic acids is 1. The van der Waals surface area contributed by atoms with Crippen molar-refractivity contribution >= 4 is 5.91 Å². The topological polar surface area (TPSA) is 64.4 Å². The van der Waals surface area contributed by atoms with Crippen LogP contribution in [0.2, 0.25) is 0 Å². The van der Waals surface area contributed by atoms with Crippen molar-refractivity contribution < 1.29 is 13.9 Å². The molecule has 2 aromatic rings. The molecule has 0 aliphatic rings. The lowest BCUT2D eigenvalue weighted by Crippen LogP contribution is -2.32. The van der Waals surface area contributed by atoms with Gasteiger partial charge in [0.2, 0.25) is 0 Å². The molecule has 0 bridgehead atoms. The number of aromatic nitrogens is 1. The molecule has 0 aliphatic heterocycles. The van der Waals surface area contributed by atoms with E-state index in [-0.39, 0.29) is 23.6 Å². The molecule has 1 atom stereocenters. The molecular weight excluding hydrogens is 256 g/mol. The number of furan rings is 1. The molecule has 0 fully saturated rings. The fraction of sp³-hybridized carbons (Fsp3) is 0.333. The quantitative estimate of drug-likeness (QED) is 0.910. The van der Waals surface area contributed by atoms with Gasteiger partial charge in [-0.25, -0.2) is 0 Å². The third-order valence-corrected chi connectivity index (χ3v) is 2.97. The van der Waals surface area contributed by atoms with Crippen LogP contribution >= 0.6 is 0 Å². The molecule has 0 saturated heterocycles. The lowest BCUT2D eigenvalue weighted by molar-refractivity contribution is 0.0890. The van der Waals surface area contributed by atoms with Crippen LogP contribution in [0.15, 0.2) is 40.9 Å². The normalized spacial score (nSPS) is 12.2. The minimum absolute atomic E-state index is 0.167. The highest BCUT2D eigenvalue weighted by molar-refractivity contribution is 5.91. The fourth-order valence-electron chi connectivity index (χ4n) is 1.91. The number of nitrogens with one attached hydrogen (secondary N) is 1. The van der Waals surface area contributed by atoms with Crippen LogP contribution in [0.4, 0.5) is 0 Å². The molecule has 1 N–H and O–H groups in total. The first-order chi connectivity index (χ1) is 9.61. The van der Waals surface area contributed by atoms with Crippen molar-refractivity contribution in [2.24, 2.45) is 5.92 Å². The molecule has 0 aliphatic carbocycles. The van der Waals surface area contributed by atoms with Crippen LogP contribution in [0, 0.1) is 5.92 Å². The van der Waals surface area contributed by atoms with E-state index in [9.17, 15) is 4.79 Å². The minimum Gasteiger partial charge on any atom is -0.468 e. The summed E-state index contributed by atoms with van der Waals surface area (Å²) in [6.07, 6.45) is 1.72. The summed E-state index contributed by atoms with van der Waals surface area (Å²) in [7, 11) is 1.49. The van der Waals surface area contributed by atoms with Gasteiger partial charge < -0.3 is 14.5 Å². The largest absolute Gasteiger partial charge is 0.468 e. The molecule has 0 spiro atoms. The molecule has 0 aromatic carbocycles. The number of carbonyl (C=O) groups is 1. The van der Waals surface area contributed by atoms with Gasteiger partial charge in [0.05, 0.1) is 18.8 Å². The van der Waals surface area contributed by atoms with Gasteiger partial charge in [-0.15, -0.1) is 0 Å². The smallest absolute Gasteiger partial charge is 0.287 e. The van der Waals surface area contributed by atoms with E-state index in [2.05, 4.69) is 10.3 Å². The number of hydrogen-bond acceptors (Lipinski definition) is 4. The highest BCUT2D eigenvalue weighted by Crippen LogP contribution is 2.21. The molecule has 5 nitrogen and oxygen atoms in total. The number of amides is 1. The summed E-state index contributed by atoms with van der Waals surface area (Å²) in [6, 6.07) is 8.68. The minimum atomic E-state index is -0.280. The second-order valence-corrected chi connectivity index (χ2v) is 4.77. The van der Waals surface area contributed by atoms with E-state index in [1.807, 2.05) is 32.0 Å². The van der Waals surface area contributed by atoms with Crippen LogP contribution in [-0.4, -0.2) is 18.0 Å². The monoisotopic (exact) mass is 274 g/mol. The highest BCUT2D eigenvalue weighted by atomic mass is 16.6. The van der Waals surface area contributed by atoms with Crippen molar-refractivity contribution in [2.75, 3.05) is 7.11 Å². The molecule has 2 rings (SSSR count). The molecular formula is C15H18N2O3. The van der Waals surface area contributed by atoms with Gasteiger partial charge in [-0.1, -0.05) is 19.9 Å². The molecule has 1 amide bonds. The van der Waals surface area contributed by atoms with Crippen LogP contribution < -0.4 is 10.1 Å². The molecule has 5 heteroatoms. The number of pyridine rings is 1. The average molecular weight is 274 g/mol. The maximum atomic E-state index is 12.2. The Balaban J connectivity index is 2.14. The number of ether oxygens (including phenoxy) is 1. The van der Waals surface area contributed by atoms with Gasteiger partial charge in [-0.05, 0) is 24.1 Å². The van der Waals surface area contributed by atoms with E-state index in [1.54, 1.807) is 18.3 Å². The van der Waals surface area contributed by atoms with Crippen molar-refractivity contribution in [3.05, 3.63) is 48.0 Å². The van der Waals surface area contributed by atoms with Crippen molar-refractivity contribution in [1.82, 2.24) is 10.3 Å². The average Bonchev–Trinajstić information content (AvgIpc) is 2.94. The number of methoxy groups -OCH3 is 1. The van der Waals surface area contributed by atoms with Crippen molar-refractivity contribution in [1.29, 1.82) is 0 Å². The first-order valence-corrected chi connectivity index (χ1v) is 6.47. The maximum Gasteiger partial charge on any atom is 0.287 e. The maximum absolute atomic E-state index is 12.2. The lowest BCUT2D eigenvalue weighted by Gasteiger charge is -2.21. The van der Waals surface area contributed by atoms with Crippen LogP contribution in [0.5, 0.6) is 5.95 Å². The first kappa shape index (κ1) is 14.1. The molecule has 0 radical (unpaired) electrons. The van der Waals surface area contributed by atoms with E-state index in [1.165, 1.54) is 7.11 Å². The predicted octanol–water partition coefficient (Wildman–Crippen LogP) is 2.81. The third-order valence-electron chi connectivity index (χ3n) is 2.97. The van der Waals surface area contributed by atoms with Gasteiger partial charge in [0.1, 0.15) is 0 Å².